The van der Waals surface area contributed by atoms with E-state index in [0.29, 0.717) is 5.39 Å². The van der Waals surface area contributed by atoms with Crippen molar-refractivity contribution in [3.8, 4) is 11.6 Å². The van der Waals surface area contributed by atoms with Crippen LogP contribution in [0.1, 0.15) is 12.5 Å². The molecule has 0 aliphatic carbocycles. The lowest BCUT2D eigenvalue weighted by Crippen LogP contribution is -2.27. The summed E-state index contributed by atoms with van der Waals surface area (Å²) < 4.78 is 1.51. The highest BCUT2D eigenvalue weighted by Gasteiger charge is 2.15. The van der Waals surface area contributed by atoms with Gasteiger partial charge in [-0.15, -0.1) is 0 Å². The Bertz CT molecular complexity index is 521. The molecule has 3 nitrogen and oxygen atoms in total. The monoisotopic (exact) mass is 204 g/mol. The SMILES string of the molecule is CCc1ccc2c(O)c(O)[n+](C)cc2c1. The lowest BCUT2D eigenvalue weighted by Gasteiger charge is -2.03. The number of benzene rings is 1. The molecule has 0 radical (unpaired) electrons. The first kappa shape index (κ1) is 9.77. The number of rotatable bonds is 1. The highest BCUT2D eigenvalue weighted by Crippen LogP contribution is 2.30. The second-order valence-corrected chi connectivity index (χ2v) is 3.69. The van der Waals surface area contributed by atoms with Gasteiger partial charge >= 0.3 is 5.88 Å². The first-order valence-electron chi connectivity index (χ1n) is 4.96. The maximum Gasteiger partial charge on any atom is 0.409 e. The predicted octanol–water partition coefficient (Wildman–Crippen LogP) is 1.64. The van der Waals surface area contributed by atoms with E-state index in [-0.39, 0.29) is 11.6 Å². The molecule has 78 valence electrons. The molecule has 3 heteroatoms. The van der Waals surface area contributed by atoms with Crippen LogP contribution in [0, 0.1) is 0 Å². The van der Waals surface area contributed by atoms with Crippen LogP contribution in [0.5, 0.6) is 11.6 Å². The lowest BCUT2D eigenvalue weighted by molar-refractivity contribution is -0.676. The molecule has 2 N–H and O–H groups in total. The molecule has 2 aromatic rings. The third-order valence-corrected chi connectivity index (χ3v) is 2.66. The number of pyridine rings is 1. The zero-order valence-electron chi connectivity index (χ0n) is 8.86. The van der Waals surface area contributed by atoms with Crippen LogP contribution in [0.2, 0.25) is 0 Å². The molecular weight excluding hydrogens is 190 g/mol. The Labute approximate surface area is 88.2 Å². The van der Waals surface area contributed by atoms with Crippen LogP contribution in [0.3, 0.4) is 0 Å². The molecular formula is C12H14NO2+. The Morgan fingerprint density at radius 3 is 2.67 bits per heavy atom. The Morgan fingerprint density at radius 1 is 1.27 bits per heavy atom. The minimum absolute atomic E-state index is 0.0577. The van der Waals surface area contributed by atoms with E-state index in [4.69, 9.17) is 0 Å². The topological polar surface area (TPSA) is 44.3 Å². The summed E-state index contributed by atoms with van der Waals surface area (Å²) in [6.07, 6.45) is 2.77. The van der Waals surface area contributed by atoms with Crippen molar-refractivity contribution in [3.63, 3.8) is 0 Å². The Kier molecular flexibility index (Phi) is 2.23. The summed E-state index contributed by atoms with van der Waals surface area (Å²) in [5.41, 5.74) is 1.22. The fourth-order valence-electron chi connectivity index (χ4n) is 1.71. The summed E-state index contributed by atoms with van der Waals surface area (Å²) in [7, 11) is 1.70. The van der Waals surface area contributed by atoms with Crippen molar-refractivity contribution in [3.05, 3.63) is 30.0 Å². The van der Waals surface area contributed by atoms with Crippen molar-refractivity contribution in [1.29, 1.82) is 0 Å². The molecule has 1 aromatic heterocycles. The summed E-state index contributed by atoms with van der Waals surface area (Å²) in [4.78, 5) is 0. The average molecular weight is 204 g/mol. The Balaban J connectivity index is 2.80. The zero-order chi connectivity index (χ0) is 11.0. The summed E-state index contributed by atoms with van der Waals surface area (Å²) in [6, 6.07) is 5.82. The largest absolute Gasteiger partial charge is 0.499 e. The van der Waals surface area contributed by atoms with Gasteiger partial charge in [-0.25, -0.2) is 0 Å². The molecule has 0 fully saturated rings. The van der Waals surface area contributed by atoms with E-state index in [1.807, 2.05) is 24.4 Å². The maximum atomic E-state index is 9.73. The fraction of sp³-hybridized carbons (Fsp3) is 0.250. The highest BCUT2D eigenvalue weighted by atomic mass is 16.3. The standard InChI is InChI=1S/C12H13NO2/c1-3-8-4-5-10-9(6-8)7-13(2)12(15)11(10)14/h4-7,14H,3H2,1-2H3/p+1. The van der Waals surface area contributed by atoms with Gasteiger partial charge in [0.1, 0.15) is 7.05 Å². The number of hydrogen-bond acceptors (Lipinski definition) is 2. The second kappa shape index (κ2) is 3.42. The normalized spacial score (nSPS) is 10.8. The molecule has 2 rings (SSSR count). The van der Waals surface area contributed by atoms with Crippen molar-refractivity contribution in [2.24, 2.45) is 7.05 Å². The van der Waals surface area contributed by atoms with Gasteiger partial charge in [-0.1, -0.05) is 13.0 Å². The molecule has 0 atom stereocenters. The quantitative estimate of drug-likeness (QED) is 0.693. The molecule has 1 aromatic carbocycles. The van der Waals surface area contributed by atoms with Crippen LogP contribution in [0.15, 0.2) is 24.4 Å². The second-order valence-electron chi connectivity index (χ2n) is 3.69. The molecule has 0 spiro atoms. The number of aryl methyl sites for hydroxylation is 2. The molecule has 0 aliphatic rings. The van der Waals surface area contributed by atoms with Gasteiger partial charge in [-0.2, -0.15) is 4.57 Å². The Morgan fingerprint density at radius 2 is 2.00 bits per heavy atom. The molecule has 0 aliphatic heterocycles. The first-order chi connectivity index (χ1) is 7.13. The number of nitrogens with zero attached hydrogens (tertiary/aromatic N) is 1. The predicted molar refractivity (Wildman–Crippen MR) is 57.8 cm³/mol. The van der Waals surface area contributed by atoms with Gasteiger partial charge in [0, 0.05) is 10.8 Å². The van der Waals surface area contributed by atoms with Gasteiger partial charge < -0.3 is 10.2 Å². The van der Waals surface area contributed by atoms with Crippen molar-refractivity contribution < 1.29 is 14.8 Å². The van der Waals surface area contributed by atoms with Crippen molar-refractivity contribution in [2.75, 3.05) is 0 Å². The van der Waals surface area contributed by atoms with E-state index in [1.165, 1.54) is 10.1 Å². The Hall–Kier alpha value is -1.77. The van der Waals surface area contributed by atoms with Crippen LogP contribution < -0.4 is 4.57 Å². The van der Waals surface area contributed by atoms with Crippen molar-refractivity contribution in [2.45, 2.75) is 13.3 Å². The van der Waals surface area contributed by atoms with Gasteiger partial charge in [0.2, 0.25) is 5.75 Å². The van der Waals surface area contributed by atoms with Gasteiger partial charge in [-0.05, 0) is 24.1 Å². The fourth-order valence-corrected chi connectivity index (χ4v) is 1.71. The third-order valence-electron chi connectivity index (χ3n) is 2.66. The van der Waals surface area contributed by atoms with Crippen LogP contribution in [-0.4, -0.2) is 10.2 Å². The number of hydrogen-bond donors (Lipinski definition) is 2. The summed E-state index contributed by atoms with van der Waals surface area (Å²) in [6.45, 7) is 2.08. The first-order valence-corrected chi connectivity index (χ1v) is 4.96. The lowest BCUT2D eigenvalue weighted by atomic mass is 10.1. The van der Waals surface area contributed by atoms with Gasteiger partial charge in [0.25, 0.3) is 0 Å². The van der Waals surface area contributed by atoms with Gasteiger partial charge in [-0.3, -0.25) is 0 Å². The van der Waals surface area contributed by atoms with E-state index < -0.39 is 0 Å². The van der Waals surface area contributed by atoms with Crippen LogP contribution in [0.25, 0.3) is 10.8 Å². The van der Waals surface area contributed by atoms with E-state index in [0.717, 1.165) is 11.8 Å². The molecule has 0 saturated carbocycles. The molecule has 0 amide bonds. The van der Waals surface area contributed by atoms with Crippen LogP contribution in [-0.2, 0) is 13.5 Å². The smallest absolute Gasteiger partial charge is 0.409 e. The molecule has 0 bridgehead atoms. The van der Waals surface area contributed by atoms with Crippen molar-refractivity contribution >= 4 is 10.8 Å². The van der Waals surface area contributed by atoms with E-state index in [1.54, 1.807) is 7.05 Å². The van der Waals surface area contributed by atoms with E-state index in [2.05, 4.69) is 6.92 Å². The summed E-state index contributed by atoms with van der Waals surface area (Å²) in [5.74, 6) is -0.163. The summed E-state index contributed by atoms with van der Waals surface area (Å²) in [5, 5.41) is 20.9. The van der Waals surface area contributed by atoms with Crippen molar-refractivity contribution in [1.82, 2.24) is 0 Å². The average Bonchev–Trinajstić information content (AvgIpc) is 2.25. The van der Waals surface area contributed by atoms with E-state index >= 15 is 0 Å². The third kappa shape index (κ3) is 1.50. The van der Waals surface area contributed by atoms with Crippen LogP contribution >= 0.6 is 0 Å². The molecule has 1 heterocycles. The number of fused-ring (bicyclic) bond motifs is 1. The van der Waals surface area contributed by atoms with Gasteiger partial charge in [0.15, 0.2) is 6.20 Å². The van der Waals surface area contributed by atoms with Gasteiger partial charge in [0.05, 0.1) is 0 Å². The minimum Gasteiger partial charge on any atom is -0.499 e. The maximum absolute atomic E-state index is 9.73. The minimum atomic E-state index is -0.105. The summed E-state index contributed by atoms with van der Waals surface area (Å²) >= 11 is 0. The highest BCUT2D eigenvalue weighted by molar-refractivity contribution is 5.88. The number of aromatic hydroxyl groups is 2. The molecule has 0 saturated heterocycles. The van der Waals surface area contributed by atoms with Crippen LogP contribution in [0.4, 0.5) is 0 Å². The van der Waals surface area contributed by atoms with E-state index in [9.17, 15) is 10.2 Å². The molecule has 15 heavy (non-hydrogen) atoms. The number of aromatic nitrogens is 1. The molecule has 0 unspecified atom stereocenters. The zero-order valence-corrected chi connectivity index (χ0v) is 8.86.